The van der Waals surface area contributed by atoms with Crippen LogP contribution in [0.25, 0.3) is 0 Å². The van der Waals surface area contributed by atoms with Crippen LogP contribution in [0.5, 0.6) is 0 Å². The minimum atomic E-state index is -0.226. The van der Waals surface area contributed by atoms with E-state index in [4.69, 9.17) is 0 Å². The van der Waals surface area contributed by atoms with Crippen LogP contribution in [0.1, 0.15) is 13.8 Å². The fourth-order valence-electron chi connectivity index (χ4n) is 1.50. The maximum atomic E-state index is 12.0. The number of rotatable bonds is 2. The molecule has 3 heteroatoms. The Hall–Kier alpha value is 0.370. The standard InChI is InChI=1S/C8H15BrFN/c1-8(2)6-11(4-3-10)5-7(8)9/h7H,3-6H2,1-2H3. The molecule has 0 radical (unpaired) electrons. The second-order valence-electron chi connectivity index (χ2n) is 3.88. The van der Waals surface area contributed by atoms with Crippen molar-refractivity contribution in [3.63, 3.8) is 0 Å². The molecular weight excluding hydrogens is 209 g/mol. The molecule has 0 N–H and O–H groups in total. The second kappa shape index (κ2) is 3.40. The van der Waals surface area contributed by atoms with Crippen LogP contribution < -0.4 is 0 Å². The zero-order valence-electron chi connectivity index (χ0n) is 7.11. The van der Waals surface area contributed by atoms with Crippen LogP contribution in [0, 0.1) is 5.41 Å². The summed E-state index contributed by atoms with van der Waals surface area (Å²) in [5, 5.41) is 0. The van der Waals surface area contributed by atoms with Crippen LogP contribution in [0.4, 0.5) is 4.39 Å². The summed E-state index contributed by atoms with van der Waals surface area (Å²) in [5.74, 6) is 0. The highest BCUT2D eigenvalue weighted by Gasteiger charge is 2.36. The van der Waals surface area contributed by atoms with Crippen LogP contribution in [0.2, 0.25) is 0 Å². The van der Waals surface area contributed by atoms with Crippen LogP contribution >= 0.6 is 15.9 Å². The molecule has 0 saturated carbocycles. The molecule has 1 aliphatic heterocycles. The van der Waals surface area contributed by atoms with Gasteiger partial charge >= 0.3 is 0 Å². The topological polar surface area (TPSA) is 3.24 Å². The van der Waals surface area contributed by atoms with Gasteiger partial charge in [0.25, 0.3) is 0 Å². The Balaban J connectivity index is 2.43. The number of halogens is 2. The highest BCUT2D eigenvalue weighted by atomic mass is 79.9. The average Bonchev–Trinajstić information content (AvgIpc) is 2.08. The average molecular weight is 224 g/mol. The zero-order valence-corrected chi connectivity index (χ0v) is 8.69. The fourth-order valence-corrected chi connectivity index (χ4v) is 2.06. The van der Waals surface area contributed by atoms with Crippen molar-refractivity contribution in [2.75, 3.05) is 26.3 Å². The Morgan fingerprint density at radius 1 is 1.64 bits per heavy atom. The monoisotopic (exact) mass is 223 g/mol. The van der Waals surface area contributed by atoms with E-state index in [1.807, 2.05) is 0 Å². The first kappa shape index (κ1) is 9.46. The molecule has 0 spiro atoms. The third kappa shape index (κ3) is 2.15. The summed E-state index contributed by atoms with van der Waals surface area (Å²) in [6.07, 6.45) is 0. The van der Waals surface area contributed by atoms with Gasteiger partial charge in [0.15, 0.2) is 0 Å². The van der Waals surface area contributed by atoms with Gasteiger partial charge in [0.05, 0.1) is 0 Å². The van der Waals surface area contributed by atoms with Gasteiger partial charge < -0.3 is 0 Å². The molecule has 0 amide bonds. The highest BCUT2D eigenvalue weighted by Crippen LogP contribution is 2.34. The normalized spacial score (nSPS) is 31.1. The van der Waals surface area contributed by atoms with Crippen molar-refractivity contribution in [2.24, 2.45) is 5.41 Å². The van der Waals surface area contributed by atoms with Gasteiger partial charge in [-0.05, 0) is 5.41 Å². The summed E-state index contributed by atoms with van der Waals surface area (Å²) in [5.41, 5.74) is 0.301. The van der Waals surface area contributed by atoms with Gasteiger partial charge in [-0.1, -0.05) is 29.8 Å². The van der Waals surface area contributed by atoms with E-state index in [0.29, 0.717) is 16.8 Å². The van der Waals surface area contributed by atoms with Gasteiger partial charge in [-0.2, -0.15) is 0 Å². The molecule has 1 saturated heterocycles. The Bertz CT molecular complexity index is 138. The summed E-state index contributed by atoms with van der Waals surface area (Å²) in [6.45, 7) is 6.78. The van der Waals surface area contributed by atoms with Crippen molar-refractivity contribution in [1.82, 2.24) is 4.90 Å². The highest BCUT2D eigenvalue weighted by molar-refractivity contribution is 9.09. The Morgan fingerprint density at radius 2 is 2.27 bits per heavy atom. The van der Waals surface area contributed by atoms with Gasteiger partial charge in [0.2, 0.25) is 0 Å². The van der Waals surface area contributed by atoms with Gasteiger partial charge in [0.1, 0.15) is 6.67 Å². The van der Waals surface area contributed by atoms with Gasteiger partial charge in [-0.3, -0.25) is 4.90 Å². The number of likely N-dealkylation sites (tertiary alicyclic amines) is 1. The van der Waals surface area contributed by atoms with E-state index >= 15 is 0 Å². The van der Waals surface area contributed by atoms with Crippen molar-refractivity contribution in [3.05, 3.63) is 0 Å². The maximum Gasteiger partial charge on any atom is 0.102 e. The lowest BCUT2D eigenvalue weighted by Gasteiger charge is -2.20. The molecule has 1 fully saturated rings. The van der Waals surface area contributed by atoms with Gasteiger partial charge in [-0.25, -0.2) is 4.39 Å². The quantitative estimate of drug-likeness (QED) is 0.649. The molecular formula is C8H15BrFN. The lowest BCUT2D eigenvalue weighted by atomic mass is 9.93. The van der Waals surface area contributed by atoms with Crippen LogP contribution in [0.3, 0.4) is 0 Å². The SMILES string of the molecule is CC1(C)CN(CCF)CC1Br. The van der Waals surface area contributed by atoms with Crippen molar-refractivity contribution >= 4 is 15.9 Å². The molecule has 1 atom stereocenters. The third-order valence-electron chi connectivity index (χ3n) is 2.30. The van der Waals surface area contributed by atoms with Crippen LogP contribution in [-0.4, -0.2) is 36.0 Å². The summed E-state index contributed by atoms with van der Waals surface area (Å²) >= 11 is 3.61. The molecule has 0 aromatic rings. The molecule has 1 aliphatic rings. The summed E-state index contributed by atoms with van der Waals surface area (Å²) in [4.78, 5) is 2.68. The number of hydrogen-bond donors (Lipinski definition) is 0. The minimum Gasteiger partial charge on any atom is -0.299 e. The lowest BCUT2D eigenvalue weighted by Crippen LogP contribution is -2.25. The summed E-state index contributed by atoms with van der Waals surface area (Å²) < 4.78 is 12.0. The smallest absolute Gasteiger partial charge is 0.102 e. The van der Waals surface area contributed by atoms with Crippen molar-refractivity contribution < 1.29 is 4.39 Å². The first-order valence-electron chi connectivity index (χ1n) is 3.98. The molecule has 66 valence electrons. The van der Waals surface area contributed by atoms with Crippen molar-refractivity contribution in [1.29, 1.82) is 0 Å². The van der Waals surface area contributed by atoms with E-state index in [2.05, 4.69) is 34.7 Å². The second-order valence-corrected chi connectivity index (χ2v) is 4.99. The predicted octanol–water partition coefficient (Wildman–Crippen LogP) is 2.06. The van der Waals surface area contributed by atoms with Crippen LogP contribution in [-0.2, 0) is 0 Å². The Morgan fingerprint density at radius 3 is 2.64 bits per heavy atom. The van der Waals surface area contributed by atoms with Crippen LogP contribution in [0.15, 0.2) is 0 Å². The molecule has 1 heterocycles. The van der Waals surface area contributed by atoms with E-state index < -0.39 is 0 Å². The lowest BCUT2D eigenvalue weighted by molar-refractivity contribution is 0.266. The van der Waals surface area contributed by atoms with E-state index in [1.165, 1.54) is 0 Å². The molecule has 1 rings (SSSR count). The summed E-state index contributed by atoms with van der Waals surface area (Å²) in [7, 11) is 0. The number of nitrogens with zero attached hydrogens (tertiary/aromatic N) is 1. The predicted molar refractivity (Wildman–Crippen MR) is 48.9 cm³/mol. The Kier molecular flexibility index (Phi) is 2.92. The minimum absolute atomic E-state index is 0.226. The first-order chi connectivity index (χ1) is 5.06. The maximum absolute atomic E-state index is 12.0. The number of alkyl halides is 2. The largest absolute Gasteiger partial charge is 0.299 e. The zero-order chi connectivity index (χ0) is 8.48. The van der Waals surface area contributed by atoms with Gasteiger partial charge in [0, 0.05) is 24.5 Å². The van der Waals surface area contributed by atoms with E-state index in [9.17, 15) is 4.39 Å². The first-order valence-corrected chi connectivity index (χ1v) is 4.90. The molecule has 0 aliphatic carbocycles. The van der Waals surface area contributed by atoms with Crippen molar-refractivity contribution in [2.45, 2.75) is 18.7 Å². The number of hydrogen-bond acceptors (Lipinski definition) is 1. The van der Waals surface area contributed by atoms with E-state index in [0.717, 1.165) is 13.1 Å². The van der Waals surface area contributed by atoms with Gasteiger partial charge in [-0.15, -0.1) is 0 Å². The van der Waals surface area contributed by atoms with E-state index in [1.54, 1.807) is 0 Å². The molecule has 1 nitrogen and oxygen atoms in total. The molecule has 1 unspecified atom stereocenters. The fraction of sp³-hybridized carbons (Fsp3) is 1.00. The molecule has 11 heavy (non-hydrogen) atoms. The molecule has 0 aromatic carbocycles. The molecule has 0 aromatic heterocycles. The van der Waals surface area contributed by atoms with E-state index in [-0.39, 0.29) is 6.67 Å². The van der Waals surface area contributed by atoms with Crippen molar-refractivity contribution in [3.8, 4) is 0 Å². The summed E-state index contributed by atoms with van der Waals surface area (Å²) in [6, 6.07) is 0. The Labute approximate surface area is 76.1 Å². The third-order valence-corrected chi connectivity index (χ3v) is 3.83. The molecule has 0 bridgehead atoms.